The predicted octanol–water partition coefficient (Wildman–Crippen LogP) is 4.50. The number of rotatable bonds is 6. The van der Waals surface area contributed by atoms with Gasteiger partial charge >= 0.3 is 0 Å². The zero-order valence-corrected chi connectivity index (χ0v) is 18.4. The summed E-state index contributed by atoms with van der Waals surface area (Å²) in [6.07, 6.45) is 1.55. The van der Waals surface area contributed by atoms with E-state index >= 15 is 0 Å². The van der Waals surface area contributed by atoms with E-state index in [9.17, 15) is 9.59 Å². The van der Waals surface area contributed by atoms with Gasteiger partial charge < -0.3 is 13.9 Å². The molecule has 31 heavy (non-hydrogen) atoms. The molecule has 2 aromatic carbocycles. The molecule has 0 radical (unpaired) electrons. The fourth-order valence-electron chi connectivity index (χ4n) is 3.25. The van der Waals surface area contributed by atoms with Gasteiger partial charge in [-0.1, -0.05) is 39.8 Å². The number of aromatic nitrogens is 2. The molecule has 0 bridgehead atoms. The van der Waals surface area contributed by atoms with Gasteiger partial charge in [-0.15, -0.1) is 0 Å². The van der Waals surface area contributed by atoms with E-state index in [-0.39, 0.29) is 30.4 Å². The lowest BCUT2D eigenvalue weighted by molar-refractivity contribution is 0.102. The molecule has 0 unspecified atom stereocenters. The number of hydrogen-bond donors (Lipinski definition) is 0. The summed E-state index contributed by atoms with van der Waals surface area (Å²) >= 11 is 4.58. The Morgan fingerprint density at radius 2 is 1.90 bits per heavy atom. The molecule has 156 valence electrons. The van der Waals surface area contributed by atoms with Crippen molar-refractivity contribution in [3.63, 3.8) is 0 Å². The van der Waals surface area contributed by atoms with Gasteiger partial charge in [0.1, 0.15) is 5.76 Å². The van der Waals surface area contributed by atoms with Crippen molar-refractivity contribution in [3.05, 3.63) is 80.9 Å². The highest BCUT2D eigenvalue weighted by Gasteiger charge is 2.20. The van der Waals surface area contributed by atoms with Crippen LogP contribution in [0.5, 0.6) is 11.5 Å². The Hall–Kier alpha value is -3.04. The van der Waals surface area contributed by atoms with Gasteiger partial charge in [0, 0.05) is 16.1 Å². The molecule has 0 atom stereocenters. The van der Waals surface area contributed by atoms with Crippen LogP contribution in [0.4, 0.5) is 0 Å². The number of ketones is 1. The molecule has 4 aromatic rings. The third kappa shape index (κ3) is 3.98. The third-order valence-electron chi connectivity index (χ3n) is 4.81. The molecule has 0 fully saturated rings. The normalized spacial score (nSPS) is 12.4. The first-order valence-corrected chi connectivity index (χ1v) is 11.1. The van der Waals surface area contributed by atoms with Crippen molar-refractivity contribution < 1.29 is 18.7 Å². The van der Waals surface area contributed by atoms with Crippen molar-refractivity contribution in [2.24, 2.45) is 0 Å². The summed E-state index contributed by atoms with van der Waals surface area (Å²) in [5.41, 5.74) is 0.849. The van der Waals surface area contributed by atoms with Gasteiger partial charge in [0.25, 0.3) is 5.56 Å². The van der Waals surface area contributed by atoms with Crippen LogP contribution < -0.4 is 15.0 Å². The van der Waals surface area contributed by atoms with Gasteiger partial charge in [0.2, 0.25) is 6.79 Å². The number of thioether (sulfide) groups is 1. The van der Waals surface area contributed by atoms with Crippen LogP contribution in [0.15, 0.2) is 73.6 Å². The molecule has 7 nitrogen and oxygen atoms in total. The number of ether oxygens (including phenoxy) is 2. The van der Waals surface area contributed by atoms with Gasteiger partial charge in [-0.05, 0) is 30.3 Å². The van der Waals surface area contributed by atoms with Crippen LogP contribution >= 0.6 is 27.7 Å². The van der Waals surface area contributed by atoms with Gasteiger partial charge in [0.05, 0.1) is 29.5 Å². The number of hydrogen-bond acceptors (Lipinski definition) is 7. The fourth-order valence-corrected chi connectivity index (χ4v) is 4.41. The van der Waals surface area contributed by atoms with Crippen molar-refractivity contribution in [1.82, 2.24) is 9.55 Å². The number of Topliss-reactive ketones (excluding diaryl/α,β-unsaturated/α-hetero) is 1. The van der Waals surface area contributed by atoms with E-state index in [1.165, 1.54) is 16.3 Å². The minimum atomic E-state index is -0.238. The third-order valence-corrected chi connectivity index (χ3v) is 6.31. The molecule has 1 aliphatic rings. The summed E-state index contributed by atoms with van der Waals surface area (Å²) in [5.74, 6) is 1.77. The summed E-state index contributed by atoms with van der Waals surface area (Å²) < 4.78 is 18.7. The number of fused-ring (bicyclic) bond motifs is 2. The number of benzene rings is 2. The van der Waals surface area contributed by atoms with Gasteiger partial charge in [-0.25, -0.2) is 4.98 Å². The number of carbonyl (C=O) groups is 1. The van der Waals surface area contributed by atoms with Gasteiger partial charge in [0.15, 0.2) is 22.4 Å². The van der Waals surface area contributed by atoms with Crippen LogP contribution in [-0.2, 0) is 6.54 Å². The molecule has 0 amide bonds. The van der Waals surface area contributed by atoms with Crippen LogP contribution in [0.3, 0.4) is 0 Å². The molecule has 1 aliphatic heterocycles. The average Bonchev–Trinajstić information content (AvgIpc) is 3.45. The first-order valence-electron chi connectivity index (χ1n) is 9.36. The zero-order valence-electron chi connectivity index (χ0n) is 16.0. The standard InChI is InChI=1S/C22H15BrN2O5S/c23-14-5-3-13(4-6-14)18(26)11-31-22-24-17-9-20-19(29-12-30-20)8-16(17)21(27)25(22)10-15-2-1-7-28-15/h1-9H,10-12H2. The highest BCUT2D eigenvalue weighted by atomic mass is 79.9. The molecule has 0 spiro atoms. The van der Waals surface area contributed by atoms with Crippen LogP contribution in [-0.4, -0.2) is 27.9 Å². The molecule has 2 aromatic heterocycles. The molecular weight excluding hydrogens is 484 g/mol. The van der Waals surface area contributed by atoms with Crippen molar-refractivity contribution in [3.8, 4) is 11.5 Å². The number of furan rings is 1. The first-order chi connectivity index (χ1) is 15.1. The smallest absolute Gasteiger partial charge is 0.262 e. The summed E-state index contributed by atoms with van der Waals surface area (Å²) in [6, 6.07) is 14.1. The minimum Gasteiger partial charge on any atom is -0.467 e. The Kier molecular flexibility index (Phi) is 5.29. The minimum absolute atomic E-state index is 0.0536. The summed E-state index contributed by atoms with van der Waals surface area (Å²) in [7, 11) is 0. The maximum atomic E-state index is 13.3. The van der Waals surface area contributed by atoms with Crippen molar-refractivity contribution in [2.45, 2.75) is 11.7 Å². The SMILES string of the molecule is O=C(CSc1nc2cc3c(cc2c(=O)n1Cc1ccco1)OCO3)c1ccc(Br)cc1. The number of nitrogens with zero attached hydrogens (tertiary/aromatic N) is 2. The van der Waals surface area contributed by atoms with E-state index in [0.29, 0.717) is 38.9 Å². The van der Waals surface area contributed by atoms with Crippen LogP contribution in [0.2, 0.25) is 0 Å². The zero-order chi connectivity index (χ0) is 21.4. The maximum Gasteiger partial charge on any atom is 0.262 e. The molecular formula is C22H15BrN2O5S. The van der Waals surface area contributed by atoms with Crippen molar-refractivity contribution >= 4 is 44.4 Å². The monoisotopic (exact) mass is 498 g/mol. The molecule has 5 rings (SSSR count). The summed E-state index contributed by atoms with van der Waals surface area (Å²) in [4.78, 5) is 30.6. The van der Waals surface area contributed by atoms with Crippen LogP contribution in [0.25, 0.3) is 10.9 Å². The second kappa shape index (κ2) is 8.24. The Balaban J connectivity index is 1.53. The molecule has 9 heteroatoms. The first kappa shape index (κ1) is 19.9. The van der Waals surface area contributed by atoms with Gasteiger partial charge in [-0.2, -0.15) is 0 Å². The van der Waals surface area contributed by atoms with Gasteiger partial charge in [-0.3, -0.25) is 14.2 Å². The van der Waals surface area contributed by atoms with Crippen LogP contribution in [0.1, 0.15) is 16.1 Å². The average molecular weight is 499 g/mol. The maximum absolute atomic E-state index is 13.3. The number of halogens is 1. The summed E-state index contributed by atoms with van der Waals surface area (Å²) in [6.45, 7) is 0.313. The lowest BCUT2D eigenvalue weighted by Gasteiger charge is -2.12. The largest absolute Gasteiger partial charge is 0.467 e. The highest BCUT2D eigenvalue weighted by Crippen LogP contribution is 2.35. The Morgan fingerprint density at radius 3 is 2.65 bits per heavy atom. The number of carbonyl (C=O) groups excluding carboxylic acids is 1. The Labute approximate surface area is 189 Å². The molecule has 0 N–H and O–H groups in total. The fraction of sp³-hybridized carbons (Fsp3) is 0.136. The quantitative estimate of drug-likeness (QED) is 0.219. The predicted molar refractivity (Wildman–Crippen MR) is 119 cm³/mol. The van der Waals surface area contributed by atoms with E-state index in [4.69, 9.17) is 13.9 Å². The van der Waals surface area contributed by atoms with Crippen LogP contribution in [0, 0.1) is 0 Å². The topological polar surface area (TPSA) is 83.6 Å². The van der Waals surface area contributed by atoms with E-state index in [1.807, 2.05) is 12.1 Å². The van der Waals surface area contributed by atoms with E-state index in [0.717, 1.165) is 4.47 Å². The second-order valence-electron chi connectivity index (χ2n) is 6.81. The summed E-state index contributed by atoms with van der Waals surface area (Å²) in [5, 5.41) is 0.845. The Bertz CT molecular complexity index is 1330. The lowest BCUT2D eigenvalue weighted by atomic mass is 10.2. The Morgan fingerprint density at radius 1 is 1.13 bits per heavy atom. The molecule has 0 saturated heterocycles. The second-order valence-corrected chi connectivity index (χ2v) is 8.66. The lowest BCUT2D eigenvalue weighted by Crippen LogP contribution is -2.24. The van der Waals surface area contributed by atoms with Crippen molar-refractivity contribution in [1.29, 1.82) is 0 Å². The van der Waals surface area contributed by atoms with E-state index in [2.05, 4.69) is 20.9 Å². The van der Waals surface area contributed by atoms with Crippen molar-refractivity contribution in [2.75, 3.05) is 12.5 Å². The van der Waals surface area contributed by atoms with E-state index in [1.54, 1.807) is 42.7 Å². The molecule has 3 heterocycles. The molecule has 0 saturated carbocycles. The molecule has 0 aliphatic carbocycles. The van der Waals surface area contributed by atoms with E-state index < -0.39 is 0 Å². The highest BCUT2D eigenvalue weighted by molar-refractivity contribution is 9.10.